The topological polar surface area (TPSA) is 55.1 Å². The number of thiazole rings is 1. The third-order valence-electron chi connectivity index (χ3n) is 4.82. The van der Waals surface area contributed by atoms with E-state index in [9.17, 15) is 4.39 Å². The Labute approximate surface area is 170 Å². The molecule has 0 spiro atoms. The Hall–Kier alpha value is -3.58. The second kappa shape index (κ2) is 7.10. The first-order valence-corrected chi connectivity index (χ1v) is 9.91. The first kappa shape index (κ1) is 17.5. The molecule has 0 saturated heterocycles. The molecular formula is C22H16FN5S. The molecule has 0 radical (unpaired) electrons. The molecule has 0 aliphatic carbocycles. The van der Waals surface area contributed by atoms with Gasteiger partial charge < -0.3 is 4.57 Å². The molecule has 0 atom stereocenters. The second-order valence-electron chi connectivity index (χ2n) is 6.62. The minimum Gasteiger partial charge on any atom is -0.342 e. The molecule has 3 heterocycles. The van der Waals surface area contributed by atoms with Crippen LogP contribution in [-0.4, -0.2) is 20.7 Å². The highest BCUT2D eigenvalue weighted by atomic mass is 32.1. The van der Waals surface area contributed by atoms with E-state index in [4.69, 9.17) is 0 Å². The van der Waals surface area contributed by atoms with E-state index in [0.717, 1.165) is 27.9 Å². The van der Waals surface area contributed by atoms with Crippen molar-refractivity contribution >= 4 is 44.5 Å². The predicted octanol–water partition coefficient (Wildman–Crippen LogP) is 5.44. The van der Waals surface area contributed by atoms with Gasteiger partial charge in [0.2, 0.25) is 5.13 Å². The maximum Gasteiger partial charge on any atom is 0.203 e. The summed E-state index contributed by atoms with van der Waals surface area (Å²) in [5.74, 6) is -0.261. The molecule has 0 amide bonds. The van der Waals surface area contributed by atoms with Gasteiger partial charge in [-0.25, -0.2) is 9.37 Å². The van der Waals surface area contributed by atoms with Crippen molar-refractivity contribution in [3.05, 3.63) is 77.7 Å². The van der Waals surface area contributed by atoms with E-state index in [0.29, 0.717) is 5.13 Å². The maximum atomic E-state index is 13.1. The zero-order chi connectivity index (χ0) is 19.8. The van der Waals surface area contributed by atoms with Crippen LogP contribution in [0.4, 0.5) is 9.52 Å². The minimum absolute atomic E-state index is 0.261. The largest absolute Gasteiger partial charge is 0.342 e. The quantitative estimate of drug-likeness (QED) is 0.322. The van der Waals surface area contributed by atoms with Crippen LogP contribution < -0.4 is 5.43 Å². The second-order valence-corrected chi connectivity index (χ2v) is 7.48. The van der Waals surface area contributed by atoms with E-state index in [2.05, 4.69) is 37.2 Å². The normalized spacial score (nSPS) is 11.7. The molecule has 5 rings (SSSR count). The van der Waals surface area contributed by atoms with Crippen LogP contribution in [0, 0.1) is 5.82 Å². The number of pyridine rings is 1. The molecular weight excluding hydrogens is 385 g/mol. The first-order valence-electron chi connectivity index (χ1n) is 9.03. The fourth-order valence-electron chi connectivity index (χ4n) is 3.37. The fourth-order valence-corrected chi connectivity index (χ4v) is 4.04. The number of anilines is 1. The number of nitrogens with one attached hydrogen (secondary N) is 1. The zero-order valence-corrected chi connectivity index (χ0v) is 16.3. The SMILES string of the molecule is Cn1c2ccccc2c2cc(/C=N/Nc3nc(-c4ccc(F)cc4)cs3)ncc21. The minimum atomic E-state index is -0.261. The van der Waals surface area contributed by atoms with Gasteiger partial charge in [0.25, 0.3) is 0 Å². The lowest BCUT2D eigenvalue weighted by Crippen LogP contribution is -1.93. The average Bonchev–Trinajstić information content (AvgIpc) is 3.33. The Balaban J connectivity index is 1.37. The molecule has 0 unspecified atom stereocenters. The Morgan fingerprint density at radius 2 is 1.90 bits per heavy atom. The molecule has 5 aromatic rings. The van der Waals surface area contributed by atoms with E-state index in [1.165, 1.54) is 34.4 Å². The predicted molar refractivity (Wildman–Crippen MR) is 117 cm³/mol. The number of hydrazone groups is 1. The van der Waals surface area contributed by atoms with Gasteiger partial charge >= 0.3 is 0 Å². The van der Waals surface area contributed by atoms with Crippen molar-refractivity contribution in [3.8, 4) is 11.3 Å². The van der Waals surface area contributed by atoms with Crippen molar-refractivity contribution in [2.75, 3.05) is 5.43 Å². The number of halogens is 1. The van der Waals surface area contributed by atoms with Gasteiger partial charge in [-0.2, -0.15) is 5.10 Å². The van der Waals surface area contributed by atoms with Gasteiger partial charge in [0, 0.05) is 34.3 Å². The Morgan fingerprint density at radius 1 is 1.07 bits per heavy atom. The van der Waals surface area contributed by atoms with Crippen molar-refractivity contribution < 1.29 is 4.39 Å². The van der Waals surface area contributed by atoms with Crippen LogP contribution in [0.5, 0.6) is 0 Å². The summed E-state index contributed by atoms with van der Waals surface area (Å²) < 4.78 is 15.2. The monoisotopic (exact) mass is 401 g/mol. The Bertz CT molecular complexity index is 1350. The van der Waals surface area contributed by atoms with Crippen LogP contribution in [0.25, 0.3) is 33.1 Å². The molecule has 29 heavy (non-hydrogen) atoms. The van der Waals surface area contributed by atoms with Gasteiger partial charge in [0.15, 0.2) is 0 Å². The van der Waals surface area contributed by atoms with Crippen molar-refractivity contribution in [3.63, 3.8) is 0 Å². The number of benzene rings is 2. The number of hydrogen-bond acceptors (Lipinski definition) is 5. The first-order chi connectivity index (χ1) is 14.2. The van der Waals surface area contributed by atoms with Crippen LogP contribution in [0.3, 0.4) is 0 Å². The average molecular weight is 401 g/mol. The molecule has 3 aromatic heterocycles. The molecule has 0 saturated carbocycles. The summed E-state index contributed by atoms with van der Waals surface area (Å²) in [6.07, 6.45) is 3.55. The van der Waals surface area contributed by atoms with Gasteiger partial charge in [0.1, 0.15) is 5.82 Å². The van der Waals surface area contributed by atoms with Crippen LogP contribution in [0.15, 0.2) is 71.3 Å². The molecule has 5 nitrogen and oxygen atoms in total. The van der Waals surface area contributed by atoms with Crippen LogP contribution in [0.2, 0.25) is 0 Å². The van der Waals surface area contributed by atoms with Gasteiger partial charge in [-0.3, -0.25) is 10.4 Å². The lowest BCUT2D eigenvalue weighted by atomic mass is 10.2. The summed E-state index contributed by atoms with van der Waals surface area (Å²) in [6, 6.07) is 16.6. The van der Waals surface area contributed by atoms with Crippen molar-refractivity contribution in [2.45, 2.75) is 0 Å². The van der Waals surface area contributed by atoms with Gasteiger partial charge in [-0.05, 0) is 36.4 Å². The van der Waals surface area contributed by atoms with E-state index in [1.807, 2.05) is 36.8 Å². The van der Waals surface area contributed by atoms with Gasteiger partial charge in [-0.15, -0.1) is 11.3 Å². The molecule has 0 fully saturated rings. The van der Waals surface area contributed by atoms with Crippen molar-refractivity contribution in [1.29, 1.82) is 0 Å². The molecule has 0 bridgehead atoms. The highest BCUT2D eigenvalue weighted by molar-refractivity contribution is 7.14. The number of para-hydroxylation sites is 1. The number of rotatable bonds is 4. The van der Waals surface area contributed by atoms with Crippen molar-refractivity contribution in [2.24, 2.45) is 12.1 Å². The zero-order valence-electron chi connectivity index (χ0n) is 15.5. The molecule has 0 aliphatic heterocycles. The third kappa shape index (κ3) is 3.25. The lowest BCUT2D eigenvalue weighted by Gasteiger charge is -1.98. The maximum absolute atomic E-state index is 13.1. The van der Waals surface area contributed by atoms with Crippen LogP contribution in [0.1, 0.15) is 5.69 Å². The van der Waals surface area contributed by atoms with E-state index < -0.39 is 0 Å². The van der Waals surface area contributed by atoms with Gasteiger partial charge in [0.05, 0.1) is 29.3 Å². The van der Waals surface area contributed by atoms with Gasteiger partial charge in [-0.1, -0.05) is 18.2 Å². The van der Waals surface area contributed by atoms with E-state index >= 15 is 0 Å². The van der Waals surface area contributed by atoms with E-state index in [-0.39, 0.29) is 5.82 Å². The van der Waals surface area contributed by atoms with E-state index in [1.54, 1.807) is 18.3 Å². The third-order valence-corrected chi connectivity index (χ3v) is 5.57. The molecule has 0 aliphatic rings. The number of fused-ring (bicyclic) bond motifs is 3. The molecule has 1 N–H and O–H groups in total. The number of hydrogen-bond donors (Lipinski definition) is 1. The van der Waals surface area contributed by atoms with Crippen LogP contribution in [-0.2, 0) is 7.05 Å². The highest BCUT2D eigenvalue weighted by Gasteiger charge is 2.08. The summed E-state index contributed by atoms with van der Waals surface area (Å²) in [7, 11) is 2.04. The fraction of sp³-hybridized carbons (Fsp3) is 0.0455. The summed E-state index contributed by atoms with van der Waals surface area (Å²) >= 11 is 1.44. The smallest absolute Gasteiger partial charge is 0.203 e. The summed E-state index contributed by atoms with van der Waals surface area (Å²) in [4.78, 5) is 8.98. The van der Waals surface area contributed by atoms with Crippen molar-refractivity contribution in [1.82, 2.24) is 14.5 Å². The standard InChI is InChI=1S/C22H16FN5S/c1-28-20-5-3-2-4-17(20)18-10-16(24-12-21(18)28)11-25-27-22-26-19(13-29-22)14-6-8-15(23)9-7-14/h2-13H,1H3,(H,26,27)/b25-11+. The Kier molecular flexibility index (Phi) is 4.29. The summed E-state index contributed by atoms with van der Waals surface area (Å²) in [6.45, 7) is 0. The van der Waals surface area contributed by atoms with Crippen LogP contribution >= 0.6 is 11.3 Å². The Morgan fingerprint density at radius 3 is 2.76 bits per heavy atom. The lowest BCUT2D eigenvalue weighted by molar-refractivity contribution is 0.628. The summed E-state index contributed by atoms with van der Waals surface area (Å²) in [5.41, 5.74) is 7.60. The molecule has 2 aromatic carbocycles. The molecule has 7 heteroatoms. The number of aromatic nitrogens is 3. The molecule has 142 valence electrons. The highest BCUT2D eigenvalue weighted by Crippen LogP contribution is 2.28. The summed E-state index contributed by atoms with van der Waals surface area (Å²) in [5, 5.41) is 9.18. The number of aryl methyl sites for hydroxylation is 1. The number of nitrogens with zero attached hydrogens (tertiary/aromatic N) is 4.